The number of fused-ring (bicyclic) bond motifs is 1. The average molecular weight is 444 g/mol. The number of amides is 1. The van der Waals surface area contributed by atoms with Crippen molar-refractivity contribution in [2.24, 2.45) is 0 Å². The van der Waals surface area contributed by atoms with Crippen molar-refractivity contribution >= 4 is 39.9 Å². The summed E-state index contributed by atoms with van der Waals surface area (Å²) >= 11 is 1.07. The lowest BCUT2D eigenvalue weighted by Crippen LogP contribution is -2.28. The third kappa shape index (κ3) is 4.84. The quantitative estimate of drug-likeness (QED) is 0.234. The van der Waals surface area contributed by atoms with E-state index in [2.05, 4.69) is 10.3 Å². The van der Waals surface area contributed by atoms with Gasteiger partial charge < -0.3 is 15.2 Å². The molecule has 0 aliphatic rings. The van der Waals surface area contributed by atoms with E-state index in [1.54, 1.807) is 31.2 Å². The predicted molar refractivity (Wildman–Crippen MR) is 117 cm³/mol. The number of anilines is 1. The van der Waals surface area contributed by atoms with E-state index in [1.807, 2.05) is 0 Å². The Morgan fingerprint density at radius 3 is 2.77 bits per heavy atom. The fraction of sp³-hybridized carbons (Fsp3) is 0.250. The summed E-state index contributed by atoms with van der Waals surface area (Å²) in [5.41, 5.74) is 0.316. The molecule has 0 fully saturated rings. The highest BCUT2D eigenvalue weighted by Gasteiger charge is 2.21. The molecule has 0 radical (unpaired) electrons. The fourth-order valence-electron chi connectivity index (χ4n) is 2.88. The van der Waals surface area contributed by atoms with Crippen molar-refractivity contribution < 1.29 is 19.6 Å². The van der Waals surface area contributed by atoms with Crippen molar-refractivity contribution in [1.82, 2.24) is 9.55 Å². The van der Waals surface area contributed by atoms with Crippen LogP contribution in [0.1, 0.15) is 6.92 Å². The second-order valence-electron chi connectivity index (χ2n) is 6.48. The highest BCUT2D eigenvalue weighted by Crippen LogP contribution is 2.30. The molecule has 0 bridgehead atoms. The van der Waals surface area contributed by atoms with Gasteiger partial charge in [0.2, 0.25) is 5.91 Å². The molecule has 1 atom stereocenters. The minimum atomic E-state index is -0.669. The van der Waals surface area contributed by atoms with E-state index in [-0.39, 0.29) is 35.8 Å². The highest BCUT2D eigenvalue weighted by molar-refractivity contribution is 8.00. The molecule has 11 heteroatoms. The largest absolute Gasteiger partial charge is 0.494 e. The molecule has 1 aromatic heterocycles. The highest BCUT2D eigenvalue weighted by atomic mass is 32.2. The van der Waals surface area contributed by atoms with E-state index in [4.69, 9.17) is 4.74 Å². The Labute approximate surface area is 181 Å². The van der Waals surface area contributed by atoms with Gasteiger partial charge >= 0.3 is 0 Å². The lowest BCUT2D eigenvalue weighted by Gasteiger charge is -2.16. The van der Waals surface area contributed by atoms with Gasteiger partial charge in [-0.1, -0.05) is 23.9 Å². The van der Waals surface area contributed by atoms with Crippen molar-refractivity contribution in [3.8, 4) is 5.75 Å². The Hall–Kier alpha value is -3.44. The molecule has 10 nitrogen and oxygen atoms in total. The van der Waals surface area contributed by atoms with Gasteiger partial charge in [-0.15, -0.1) is 0 Å². The van der Waals surface area contributed by atoms with Crippen LogP contribution in [0.4, 0.5) is 11.4 Å². The zero-order valence-corrected chi connectivity index (χ0v) is 17.6. The van der Waals surface area contributed by atoms with Crippen LogP contribution in [0.5, 0.6) is 5.75 Å². The molecule has 0 aliphatic carbocycles. The van der Waals surface area contributed by atoms with Crippen LogP contribution in [0.25, 0.3) is 10.9 Å². The molecule has 31 heavy (non-hydrogen) atoms. The monoisotopic (exact) mass is 444 g/mol. The Balaban J connectivity index is 1.86. The van der Waals surface area contributed by atoms with Crippen LogP contribution in [0.3, 0.4) is 0 Å². The first-order chi connectivity index (χ1) is 14.8. The van der Waals surface area contributed by atoms with E-state index >= 15 is 0 Å². The Bertz CT molecular complexity index is 1200. The van der Waals surface area contributed by atoms with Gasteiger partial charge in [-0.3, -0.25) is 24.3 Å². The number of aromatic nitrogens is 2. The lowest BCUT2D eigenvalue weighted by atomic mass is 10.2. The SMILES string of the molecule is COc1cc([N+](=O)[O-])ccc1NC(=O)[C@@H](C)Sc1nc2ccccc2c(=O)n1CCO. The number of carbonyl (C=O) groups excluding carboxylic acids is 1. The smallest absolute Gasteiger partial charge is 0.273 e. The van der Waals surface area contributed by atoms with Gasteiger partial charge in [-0.25, -0.2) is 4.98 Å². The molecule has 1 heterocycles. The number of thioether (sulfide) groups is 1. The van der Waals surface area contributed by atoms with Gasteiger partial charge in [0.05, 0.1) is 53.1 Å². The van der Waals surface area contributed by atoms with Crippen molar-refractivity contribution in [2.45, 2.75) is 23.9 Å². The number of para-hydroxylation sites is 1. The van der Waals surface area contributed by atoms with Gasteiger partial charge in [-0.05, 0) is 25.1 Å². The number of hydrogen-bond donors (Lipinski definition) is 2. The average Bonchev–Trinajstić information content (AvgIpc) is 2.76. The second-order valence-corrected chi connectivity index (χ2v) is 7.79. The molecule has 3 rings (SSSR count). The first kappa shape index (κ1) is 22.2. The standard InChI is InChI=1S/C20H20N4O6S/c1-12(18(26)21-16-8-7-13(24(28)29)11-17(16)30-2)31-20-22-15-6-4-3-5-14(15)19(27)23(20)9-10-25/h3-8,11-12,25H,9-10H2,1-2H3,(H,21,26)/t12-/m1/s1. The number of hydrogen-bond acceptors (Lipinski definition) is 8. The van der Waals surface area contributed by atoms with Crippen molar-refractivity contribution in [1.29, 1.82) is 0 Å². The van der Waals surface area contributed by atoms with E-state index in [0.717, 1.165) is 11.8 Å². The van der Waals surface area contributed by atoms with E-state index in [0.29, 0.717) is 16.1 Å². The number of methoxy groups -OCH3 is 1. The first-order valence-electron chi connectivity index (χ1n) is 9.26. The van der Waals surface area contributed by atoms with Gasteiger partial charge in [0.1, 0.15) is 5.75 Å². The molecule has 0 saturated carbocycles. The molecule has 3 aromatic rings. The van der Waals surface area contributed by atoms with E-state index in [1.165, 1.54) is 29.9 Å². The number of nitro groups is 1. The van der Waals surface area contributed by atoms with Crippen LogP contribution in [-0.4, -0.2) is 44.5 Å². The number of ether oxygens (including phenoxy) is 1. The molecular formula is C20H20N4O6S. The fourth-order valence-corrected chi connectivity index (χ4v) is 3.81. The topological polar surface area (TPSA) is 137 Å². The summed E-state index contributed by atoms with van der Waals surface area (Å²) in [6.07, 6.45) is 0. The Morgan fingerprint density at radius 2 is 2.10 bits per heavy atom. The number of benzene rings is 2. The molecule has 162 valence electrons. The van der Waals surface area contributed by atoms with Crippen LogP contribution in [0, 0.1) is 10.1 Å². The van der Waals surface area contributed by atoms with Crippen LogP contribution >= 0.6 is 11.8 Å². The van der Waals surface area contributed by atoms with Crippen molar-refractivity contribution in [3.05, 3.63) is 62.9 Å². The van der Waals surface area contributed by atoms with Gasteiger partial charge in [0, 0.05) is 6.07 Å². The van der Waals surface area contributed by atoms with Gasteiger partial charge in [0.15, 0.2) is 5.16 Å². The molecule has 0 aliphatic heterocycles. The number of nitro benzene ring substituents is 1. The van der Waals surface area contributed by atoms with Gasteiger partial charge in [-0.2, -0.15) is 0 Å². The van der Waals surface area contributed by atoms with Gasteiger partial charge in [0.25, 0.3) is 11.2 Å². The number of non-ortho nitro benzene ring substituents is 1. The summed E-state index contributed by atoms with van der Waals surface area (Å²) in [6, 6.07) is 10.7. The molecule has 2 N–H and O–H groups in total. The summed E-state index contributed by atoms with van der Waals surface area (Å²) in [6.45, 7) is 1.43. The molecule has 0 saturated heterocycles. The molecule has 2 aromatic carbocycles. The van der Waals surface area contributed by atoms with E-state index in [9.17, 15) is 24.8 Å². The van der Waals surface area contributed by atoms with Crippen molar-refractivity contribution in [2.75, 3.05) is 19.0 Å². The zero-order valence-electron chi connectivity index (χ0n) is 16.8. The number of nitrogens with zero attached hydrogens (tertiary/aromatic N) is 3. The zero-order chi connectivity index (χ0) is 22.5. The number of aliphatic hydroxyl groups is 1. The number of nitrogens with one attached hydrogen (secondary N) is 1. The molecule has 1 amide bonds. The summed E-state index contributed by atoms with van der Waals surface area (Å²) < 4.78 is 6.48. The Morgan fingerprint density at radius 1 is 1.35 bits per heavy atom. The molecular weight excluding hydrogens is 424 g/mol. The molecule has 0 spiro atoms. The van der Waals surface area contributed by atoms with E-state index < -0.39 is 16.1 Å². The van der Waals surface area contributed by atoms with Crippen LogP contribution < -0.4 is 15.6 Å². The minimum absolute atomic E-state index is 0.0452. The maximum atomic E-state index is 12.8. The summed E-state index contributed by atoms with van der Waals surface area (Å²) in [5.74, 6) is -0.254. The van der Waals surface area contributed by atoms with Crippen LogP contribution in [-0.2, 0) is 11.3 Å². The number of aliphatic hydroxyl groups excluding tert-OH is 1. The third-order valence-corrected chi connectivity index (χ3v) is 5.55. The maximum Gasteiger partial charge on any atom is 0.273 e. The molecule has 0 unspecified atom stereocenters. The second kappa shape index (κ2) is 9.58. The van der Waals surface area contributed by atoms with Crippen molar-refractivity contribution in [3.63, 3.8) is 0 Å². The summed E-state index contributed by atoms with van der Waals surface area (Å²) in [4.78, 5) is 40.4. The number of rotatable bonds is 8. The summed E-state index contributed by atoms with van der Waals surface area (Å²) in [5, 5.41) is 23.0. The Kier molecular flexibility index (Phi) is 6.88. The van der Waals surface area contributed by atoms with Crippen LogP contribution in [0.2, 0.25) is 0 Å². The summed E-state index contributed by atoms with van der Waals surface area (Å²) in [7, 11) is 1.35. The minimum Gasteiger partial charge on any atom is -0.494 e. The third-order valence-electron chi connectivity index (χ3n) is 4.46. The normalized spacial score (nSPS) is 11.8. The maximum absolute atomic E-state index is 12.8. The first-order valence-corrected chi connectivity index (χ1v) is 10.1. The number of carbonyl (C=O) groups is 1. The van der Waals surface area contributed by atoms with Crippen LogP contribution in [0.15, 0.2) is 52.4 Å². The lowest BCUT2D eigenvalue weighted by molar-refractivity contribution is -0.384. The predicted octanol–water partition coefficient (Wildman–Crippen LogP) is 2.42.